The largest absolute Gasteiger partial charge is 0.490 e. The number of benzene rings is 1. The number of aliphatic hydroxyl groups excluding tert-OH is 1. The summed E-state index contributed by atoms with van der Waals surface area (Å²) in [6.45, 7) is 1.22. The predicted octanol–water partition coefficient (Wildman–Crippen LogP) is 1.34. The Hall–Kier alpha value is -1.65. The Bertz CT molecular complexity index is 539. The molecule has 18 heavy (non-hydrogen) atoms. The van der Waals surface area contributed by atoms with Gasteiger partial charge in [-0.1, -0.05) is 18.2 Å². The average Bonchev–Trinajstić information content (AvgIpc) is 2.82. The van der Waals surface area contributed by atoms with Crippen LogP contribution in [0.1, 0.15) is 6.42 Å². The minimum atomic E-state index is -0.246. The standard InChI is InChI=1S/C14H16N2O2/c17-12-7-11(16-8-12)9-18-13-5-1-3-10-4-2-6-15-14(10)13/h1-6,11-12,16-17H,7-9H2/t11-,12+/m0/s1. The fourth-order valence-corrected chi connectivity index (χ4v) is 2.31. The number of pyridine rings is 1. The molecule has 0 spiro atoms. The number of hydrogen-bond acceptors (Lipinski definition) is 4. The zero-order chi connectivity index (χ0) is 12.4. The van der Waals surface area contributed by atoms with Crippen LogP contribution in [0.25, 0.3) is 10.9 Å². The molecule has 2 heterocycles. The van der Waals surface area contributed by atoms with E-state index in [1.54, 1.807) is 6.20 Å². The van der Waals surface area contributed by atoms with Gasteiger partial charge in [-0.15, -0.1) is 0 Å². The summed E-state index contributed by atoms with van der Waals surface area (Å²) >= 11 is 0. The number of nitrogens with zero attached hydrogens (tertiary/aromatic N) is 1. The highest BCUT2D eigenvalue weighted by Crippen LogP contribution is 2.23. The number of para-hydroxylation sites is 1. The van der Waals surface area contributed by atoms with E-state index in [1.165, 1.54) is 0 Å². The van der Waals surface area contributed by atoms with Crippen molar-refractivity contribution in [3.05, 3.63) is 36.5 Å². The number of nitrogens with one attached hydrogen (secondary N) is 1. The van der Waals surface area contributed by atoms with Crippen LogP contribution in [0.15, 0.2) is 36.5 Å². The van der Waals surface area contributed by atoms with Crippen LogP contribution in [0, 0.1) is 0 Å². The Balaban J connectivity index is 1.74. The maximum atomic E-state index is 9.44. The van der Waals surface area contributed by atoms with Gasteiger partial charge in [0.05, 0.1) is 6.10 Å². The summed E-state index contributed by atoms with van der Waals surface area (Å²) in [6, 6.07) is 10.1. The Kier molecular flexibility index (Phi) is 3.13. The van der Waals surface area contributed by atoms with Crippen LogP contribution < -0.4 is 10.1 Å². The van der Waals surface area contributed by atoms with Gasteiger partial charge in [0.2, 0.25) is 0 Å². The molecule has 2 atom stereocenters. The zero-order valence-corrected chi connectivity index (χ0v) is 10.0. The molecule has 0 saturated carbocycles. The van der Waals surface area contributed by atoms with Crippen molar-refractivity contribution in [1.82, 2.24) is 10.3 Å². The molecule has 3 rings (SSSR count). The van der Waals surface area contributed by atoms with E-state index in [2.05, 4.69) is 10.3 Å². The van der Waals surface area contributed by atoms with Gasteiger partial charge in [-0.25, -0.2) is 0 Å². The molecule has 2 aromatic rings. The van der Waals surface area contributed by atoms with Crippen LogP contribution in [0.5, 0.6) is 5.75 Å². The highest BCUT2D eigenvalue weighted by molar-refractivity contribution is 5.84. The van der Waals surface area contributed by atoms with Crippen LogP contribution >= 0.6 is 0 Å². The van der Waals surface area contributed by atoms with Crippen molar-refractivity contribution in [2.75, 3.05) is 13.2 Å². The van der Waals surface area contributed by atoms with Gasteiger partial charge in [-0.3, -0.25) is 4.98 Å². The summed E-state index contributed by atoms with van der Waals surface area (Å²) in [7, 11) is 0. The van der Waals surface area contributed by atoms with Crippen molar-refractivity contribution in [2.24, 2.45) is 0 Å². The average molecular weight is 244 g/mol. The smallest absolute Gasteiger partial charge is 0.145 e. The number of β-amino-alcohol motifs (C(OH)–C–C–N with tert-alkyl or cyclic N) is 1. The molecular weight excluding hydrogens is 228 g/mol. The minimum absolute atomic E-state index is 0.221. The minimum Gasteiger partial charge on any atom is -0.490 e. The van der Waals surface area contributed by atoms with Gasteiger partial charge in [-0.05, 0) is 18.6 Å². The number of aromatic nitrogens is 1. The first-order valence-electron chi connectivity index (χ1n) is 6.21. The molecule has 0 aliphatic carbocycles. The van der Waals surface area contributed by atoms with E-state index in [-0.39, 0.29) is 12.1 Å². The summed E-state index contributed by atoms with van der Waals surface area (Å²) in [5.74, 6) is 0.802. The summed E-state index contributed by atoms with van der Waals surface area (Å²) in [5, 5.41) is 13.7. The molecule has 1 aromatic heterocycles. The van der Waals surface area contributed by atoms with E-state index in [9.17, 15) is 5.11 Å². The van der Waals surface area contributed by atoms with E-state index in [1.807, 2.05) is 30.3 Å². The maximum Gasteiger partial charge on any atom is 0.145 e. The highest BCUT2D eigenvalue weighted by Gasteiger charge is 2.22. The second-order valence-electron chi connectivity index (χ2n) is 4.64. The molecular formula is C14H16N2O2. The van der Waals surface area contributed by atoms with E-state index < -0.39 is 0 Å². The highest BCUT2D eigenvalue weighted by atomic mass is 16.5. The molecule has 0 amide bonds. The van der Waals surface area contributed by atoms with Gasteiger partial charge >= 0.3 is 0 Å². The molecule has 1 aromatic carbocycles. The monoisotopic (exact) mass is 244 g/mol. The third kappa shape index (κ3) is 2.30. The molecule has 0 unspecified atom stereocenters. The molecule has 4 heteroatoms. The molecule has 1 aliphatic rings. The van der Waals surface area contributed by atoms with Crippen molar-refractivity contribution in [1.29, 1.82) is 0 Å². The molecule has 1 saturated heterocycles. The van der Waals surface area contributed by atoms with E-state index in [0.29, 0.717) is 13.2 Å². The first-order valence-corrected chi connectivity index (χ1v) is 6.21. The van der Waals surface area contributed by atoms with Gasteiger partial charge in [0.1, 0.15) is 17.9 Å². The van der Waals surface area contributed by atoms with E-state index >= 15 is 0 Å². The van der Waals surface area contributed by atoms with Crippen molar-refractivity contribution < 1.29 is 9.84 Å². The molecule has 1 fully saturated rings. The van der Waals surface area contributed by atoms with Crippen molar-refractivity contribution in [2.45, 2.75) is 18.6 Å². The lowest BCUT2D eigenvalue weighted by Gasteiger charge is -2.13. The van der Waals surface area contributed by atoms with Crippen molar-refractivity contribution >= 4 is 10.9 Å². The second kappa shape index (κ2) is 4.92. The number of hydrogen-bond donors (Lipinski definition) is 2. The van der Waals surface area contributed by atoms with Crippen molar-refractivity contribution in [3.63, 3.8) is 0 Å². The van der Waals surface area contributed by atoms with E-state index in [0.717, 1.165) is 23.1 Å². The Labute approximate surface area is 106 Å². The van der Waals surface area contributed by atoms with E-state index in [4.69, 9.17) is 4.74 Å². The summed E-state index contributed by atoms with van der Waals surface area (Å²) < 4.78 is 5.82. The van der Waals surface area contributed by atoms with Crippen LogP contribution in [0.4, 0.5) is 0 Å². The molecule has 0 bridgehead atoms. The lowest BCUT2D eigenvalue weighted by molar-refractivity contribution is 0.187. The molecule has 2 N–H and O–H groups in total. The quantitative estimate of drug-likeness (QED) is 0.855. The topological polar surface area (TPSA) is 54.4 Å². The maximum absolute atomic E-state index is 9.44. The zero-order valence-electron chi connectivity index (χ0n) is 10.0. The Morgan fingerprint density at radius 1 is 1.33 bits per heavy atom. The van der Waals surface area contributed by atoms with Gasteiger partial charge in [0, 0.05) is 24.2 Å². The normalized spacial score (nSPS) is 23.4. The summed E-state index contributed by atoms with van der Waals surface area (Å²) in [4.78, 5) is 4.35. The SMILES string of the molecule is O[C@H]1CN[C@H](COc2cccc3cccnc23)C1. The van der Waals surface area contributed by atoms with Gasteiger partial charge in [-0.2, -0.15) is 0 Å². The lowest BCUT2D eigenvalue weighted by atomic mass is 10.2. The van der Waals surface area contributed by atoms with Crippen LogP contribution in [0.2, 0.25) is 0 Å². The fourth-order valence-electron chi connectivity index (χ4n) is 2.31. The Morgan fingerprint density at radius 2 is 2.22 bits per heavy atom. The van der Waals surface area contributed by atoms with Gasteiger partial charge in [0.25, 0.3) is 0 Å². The third-order valence-corrected chi connectivity index (χ3v) is 3.23. The van der Waals surface area contributed by atoms with Gasteiger partial charge < -0.3 is 15.2 Å². The lowest BCUT2D eigenvalue weighted by Crippen LogP contribution is -2.28. The number of fused-ring (bicyclic) bond motifs is 1. The van der Waals surface area contributed by atoms with Crippen molar-refractivity contribution in [3.8, 4) is 5.75 Å². The molecule has 1 aliphatic heterocycles. The Morgan fingerprint density at radius 3 is 3.06 bits per heavy atom. The number of rotatable bonds is 3. The fraction of sp³-hybridized carbons (Fsp3) is 0.357. The molecule has 94 valence electrons. The van der Waals surface area contributed by atoms with Crippen LogP contribution in [0.3, 0.4) is 0 Å². The van der Waals surface area contributed by atoms with Gasteiger partial charge in [0.15, 0.2) is 0 Å². The van der Waals surface area contributed by atoms with Crippen LogP contribution in [-0.4, -0.2) is 35.4 Å². The second-order valence-corrected chi connectivity index (χ2v) is 4.64. The molecule has 0 radical (unpaired) electrons. The predicted molar refractivity (Wildman–Crippen MR) is 69.7 cm³/mol. The first-order chi connectivity index (χ1) is 8.83. The summed E-state index contributed by atoms with van der Waals surface area (Å²) in [5.41, 5.74) is 0.888. The molecule has 4 nitrogen and oxygen atoms in total. The summed E-state index contributed by atoms with van der Waals surface area (Å²) in [6.07, 6.45) is 2.27. The number of aliphatic hydroxyl groups is 1. The first kappa shape index (κ1) is 11.4. The number of ether oxygens (including phenoxy) is 1. The third-order valence-electron chi connectivity index (χ3n) is 3.23. The van der Waals surface area contributed by atoms with Crippen LogP contribution in [-0.2, 0) is 0 Å².